The number of hydrogen-bond acceptors (Lipinski definition) is 4. The average molecular weight is 419 g/mol. The van der Waals surface area contributed by atoms with E-state index in [1.54, 1.807) is 31.2 Å². The topological polar surface area (TPSA) is 67.4 Å². The predicted molar refractivity (Wildman–Crippen MR) is 107 cm³/mol. The third kappa shape index (κ3) is 5.88. The first-order chi connectivity index (χ1) is 12.5. The highest BCUT2D eigenvalue weighted by Crippen LogP contribution is 2.18. The predicted octanol–water partition coefficient (Wildman–Crippen LogP) is 4.85. The van der Waals surface area contributed by atoms with Gasteiger partial charge in [0.1, 0.15) is 0 Å². The first kappa shape index (κ1) is 20.0. The lowest BCUT2D eigenvalue weighted by Crippen LogP contribution is -2.30. The molecule has 0 heterocycles. The SMILES string of the molecule is CCCCNc1ccccc1C(=O)O[C@H](C)C(=O)Nc1ccc(Br)cc1. The molecule has 0 saturated carbocycles. The van der Waals surface area contributed by atoms with Crippen LogP contribution in [0.25, 0.3) is 0 Å². The maximum Gasteiger partial charge on any atom is 0.341 e. The van der Waals surface area contributed by atoms with Crippen LogP contribution in [0.4, 0.5) is 11.4 Å². The van der Waals surface area contributed by atoms with Crippen LogP contribution in [-0.2, 0) is 9.53 Å². The zero-order valence-corrected chi connectivity index (χ0v) is 16.5. The second-order valence-electron chi connectivity index (χ2n) is 5.87. The first-order valence-corrected chi connectivity index (χ1v) is 9.41. The fourth-order valence-corrected chi connectivity index (χ4v) is 2.53. The zero-order chi connectivity index (χ0) is 18.9. The number of unbranched alkanes of at least 4 members (excludes halogenated alkanes) is 1. The van der Waals surface area contributed by atoms with Crippen LogP contribution in [0.15, 0.2) is 53.0 Å². The summed E-state index contributed by atoms with van der Waals surface area (Å²) in [5, 5.41) is 5.97. The molecule has 2 N–H and O–H groups in total. The Bertz CT molecular complexity index is 747. The quantitative estimate of drug-likeness (QED) is 0.475. The standard InChI is InChI=1S/C20H23BrN2O3/c1-3-4-13-22-18-8-6-5-7-17(18)20(25)26-14(2)19(24)23-16-11-9-15(21)10-12-16/h5-12,14,22H,3-4,13H2,1-2H3,(H,23,24)/t14-/m1/s1. The van der Waals surface area contributed by atoms with Crippen LogP contribution < -0.4 is 10.6 Å². The molecule has 1 atom stereocenters. The van der Waals surface area contributed by atoms with Crippen molar-refractivity contribution in [1.29, 1.82) is 0 Å². The molecule has 0 fully saturated rings. The molecule has 0 aliphatic heterocycles. The van der Waals surface area contributed by atoms with Crippen LogP contribution in [0.2, 0.25) is 0 Å². The maximum absolute atomic E-state index is 12.5. The molecule has 138 valence electrons. The van der Waals surface area contributed by atoms with E-state index in [0.29, 0.717) is 16.9 Å². The van der Waals surface area contributed by atoms with E-state index in [2.05, 4.69) is 33.5 Å². The number of benzene rings is 2. The Labute approximate surface area is 162 Å². The molecule has 2 rings (SSSR count). The van der Waals surface area contributed by atoms with Crippen molar-refractivity contribution in [2.24, 2.45) is 0 Å². The van der Waals surface area contributed by atoms with Crippen molar-refractivity contribution in [2.75, 3.05) is 17.2 Å². The van der Waals surface area contributed by atoms with Crippen molar-refractivity contribution in [2.45, 2.75) is 32.8 Å². The van der Waals surface area contributed by atoms with Gasteiger partial charge in [0.25, 0.3) is 5.91 Å². The number of carbonyl (C=O) groups excluding carboxylic acids is 2. The Kier molecular flexibility index (Phi) is 7.66. The molecule has 0 spiro atoms. The van der Waals surface area contributed by atoms with Gasteiger partial charge in [-0.1, -0.05) is 41.4 Å². The summed E-state index contributed by atoms with van der Waals surface area (Å²) in [4.78, 5) is 24.7. The molecule has 26 heavy (non-hydrogen) atoms. The summed E-state index contributed by atoms with van der Waals surface area (Å²) in [5.74, 6) is -0.903. The Morgan fingerprint density at radius 3 is 2.50 bits per heavy atom. The number of ether oxygens (including phenoxy) is 1. The average Bonchev–Trinajstić information content (AvgIpc) is 2.64. The number of esters is 1. The van der Waals surface area contributed by atoms with Gasteiger partial charge in [-0.25, -0.2) is 4.79 Å². The highest BCUT2D eigenvalue weighted by molar-refractivity contribution is 9.10. The van der Waals surface area contributed by atoms with Gasteiger partial charge in [0.15, 0.2) is 6.10 Å². The summed E-state index contributed by atoms with van der Waals surface area (Å²) in [5.41, 5.74) is 1.78. The van der Waals surface area contributed by atoms with Gasteiger partial charge in [-0.15, -0.1) is 0 Å². The van der Waals surface area contributed by atoms with Gasteiger partial charge in [0.05, 0.1) is 5.56 Å². The molecule has 2 aromatic carbocycles. The highest BCUT2D eigenvalue weighted by atomic mass is 79.9. The lowest BCUT2D eigenvalue weighted by molar-refractivity contribution is -0.123. The van der Waals surface area contributed by atoms with Gasteiger partial charge < -0.3 is 15.4 Å². The number of halogens is 1. The number of para-hydroxylation sites is 1. The van der Waals surface area contributed by atoms with E-state index in [0.717, 1.165) is 23.9 Å². The number of anilines is 2. The Balaban J connectivity index is 1.97. The number of carbonyl (C=O) groups is 2. The minimum atomic E-state index is -0.908. The summed E-state index contributed by atoms with van der Waals surface area (Å²) in [7, 11) is 0. The lowest BCUT2D eigenvalue weighted by Gasteiger charge is -2.16. The van der Waals surface area contributed by atoms with Crippen molar-refractivity contribution in [3.63, 3.8) is 0 Å². The lowest BCUT2D eigenvalue weighted by atomic mass is 10.1. The largest absolute Gasteiger partial charge is 0.449 e. The molecule has 0 saturated heterocycles. The van der Waals surface area contributed by atoms with Crippen molar-refractivity contribution >= 4 is 39.2 Å². The molecule has 5 nitrogen and oxygen atoms in total. The van der Waals surface area contributed by atoms with Crippen LogP contribution in [0.1, 0.15) is 37.0 Å². The van der Waals surface area contributed by atoms with Gasteiger partial charge >= 0.3 is 5.97 Å². The number of rotatable bonds is 8. The van der Waals surface area contributed by atoms with Crippen LogP contribution in [0, 0.1) is 0 Å². The Morgan fingerprint density at radius 2 is 1.81 bits per heavy atom. The van der Waals surface area contributed by atoms with Crippen LogP contribution in [0.5, 0.6) is 0 Å². The molecule has 0 radical (unpaired) electrons. The summed E-state index contributed by atoms with van der Waals surface area (Å²) < 4.78 is 6.26. The molecular formula is C20H23BrN2O3. The van der Waals surface area contributed by atoms with Gasteiger partial charge in [-0.3, -0.25) is 4.79 Å². The monoisotopic (exact) mass is 418 g/mol. The maximum atomic E-state index is 12.5. The Hall–Kier alpha value is -2.34. The van der Waals surface area contributed by atoms with Crippen LogP contribution >= 0.6 is 15.9 Å². The fourth-order valence-electron chi connectivity index (χ4n) is 2.27. The molecule has 0 aliphatic rings. The molecule has 2 aromatic rings. The molecule has 0 aliphatic carbocycles. The van der Waals surface area contributed by atoms with Crippen LogP contribution in [-0.4, -0.2) is 24.5 Å². The second kappa shape index (κ2) is 9.97. The third-order valence-electron chi connectivity index (χ3n) is 3.76. The Morgan fingerprint density at radius 1 is 1.12 bits per heavy atom. The summed E-state index contributed by atoms with van der Waals surface area (Å²) in [6, 6.07) is 14.3. The number of nitrogens with one attached hydrogen (secondary N) is 2. The van der Waals surface area contributed by atoms with E-state index < -0.39 is 12.1 Å². The van der Waals surface area contributed by atoms with E-state index in [1.165, 1.54) is 0 Å². The number of amides is 1. The summed E-state index contributed by atoms with van der Waals surface area (Å²) in [6.45, 7) is 4.44. The minimum absolute atomic E-state index is 0.378. The zero-order valence-electron chi connectivity index (χ0n) is 14.9. The molecular weight excluding hydrogens is 396 g/mol. The van der Waals surface area contributed by atoms with Crippen molar-refractivity contribution < 1.29 is 14.3 Å². The third-order valence-corrected chi connectivity index (χ3v) is 4.29. The smallest absolute Gasteiger partial charge is 0.341 e. The first-order valence-electron chi connectivity index (χ1n) is 8.61. The molecule has 6 heteroatoms. The summed E-state index contributed by atoms with van der Waals surface area (Å²) in [6.07, 6.45) is 1.16. The normalized spacial score (nSPS) is 11.5. The minimum Gasteiger partial charge on any atom is -0.449 e. The van der Waals surface area contributed by atoms with E-state index in [1.807, 2.05) is 24.3 Å². The summed E-state index contributed by atoms with van der Waals surface area (Å²) >= 11 is 3.34. The highest BCUT2D eigenvalue weighted by Gasteiger charge is 2.20. The van der Waals surface area contributed by atoms with E-state index in [9.17, 15) is 9.59 Å². The van der Waals surface area contributed by atoms with Gasteiger partial charge in [-0.05, 0) is 49.7 Å². The second-order valence-corrected chi connectivity index (χ2v) is 6.79. The molecule has 0 bridgehead atoms. The van der Waals surface area contributed by atoms with Crippen molar-refractivity contribution in [3.05, 3.63) is 58.6 Å². The van der Waals surface area contributed by atoms with Gasteiger partial charge in [0, 0.05) is 22.4 Å². The van der Waals surface area contributed by atoms with Gasteiger partial charge in [0.2, 0.25) is 0 Å². The van der Waals surface area contributed by atoms with Crippen molar-refractivity contribution in [3.8, 4) is 0 Å². The van der Waals surface area contributed by atoms with Crippen molar-refractivity contribution in [1.82, 2.24) is 0 Å². The van der Waals surface area contributed by atoms with Crippen LogP contribution in [0.3, 0.4) is 0 Å². The molecule has 0 unspecified atom stereocenters. The van der Waals surface area contributed by atoms with Gasteiger partial charge in [-0.2, -0.15) is 0 Å². The number of hydrogen-bond donors (Lipinski definition) is 2. The van der Waals surface area contributed by atoms with E-state index >= 15 is 0 Å². The van der Waals surface area contributed by atoms with E-state index in [4.69, 9.17) is 4.74 Å². The molecule has 1 amide bonds. The fraction of sp³-hybridized carbons (Fsp3) is 0.300. The van der Waals surface area contributed by atoms with E-state index in [-0.39, 0.29) is 5.91 Å². The molecule has 0 aromatic heterocycles.